The third kappa shape index (κ3) is 4.96. The molecular weight excluding hydrogens is 426 g/mol. The number of aryl methyl sites for hydroxylation is 2. The lowest BCUT2D eigenvalue weighted by molar-refractivity contribution is -0.126. The molecule has 9 heteroatoms. The number of hydrogen-bond donors (Lipinski definition) is 0. The van der Waals surface area contributed by atoms with E-state index in [2.05, 4.69) is 0 Å². The van der Waals surface area contributed by atoms with Crippen LogP contribution in [0.25, 0.3) is 0 Å². The van der Waals surface area contributed by atoms with Crippen LogP contribution in [0.1, 0.15) is 27.8 Å². The molecule has 0 saturated heterocycles. The average Bonchev–Trinajstić information content (AvgIpc) is 3.40. The lowest BCUT2D eigenvalue weighted by atomic mass is 9.95. The van der Waals surface area contributed by atoms with Crippen molar-refractivity contribution in [1.82, 2.24) is 9.13 Å². The highest BCUT2D eigenvalue weighted by atomic mass is 16.5. The Balaban J connectivity index is 1.68. The zero-order chi connectivity index (χ0) is 24.1. The fraction of sp³-hybridized carbons (Fsp3) is 0.250. The van der Waals surface area contributed by atoms with Crippen LogP contribution in [0.2, 0.25) is 0 Å². The molecule has 0 aliphatic heterocycles. The minimum atomic E-state index is -1.47. The number of aromatic nitrogens is 2. The van der Waals surface area contributed by atoms with Crippen LogP contribution in [0, 0.1) is 17.2 Å². The predicted molar refractivity (Wildman–Crippen MR) is 117 cm³/mol. The van der Waals surface area contributed by atoms with E-state index >= 15 is 0 Å². The number of carbonyl (C=O) groups excluding carboxylic acids is 3. The van der Waals surface area contributed by atoms with E-state index in [1.54, 1.807) is 84.2 Å². The van der Waals surface area contributed by atoms with E-state index in [0.29, 0.717) is 17.4 Å². The number of rotatable bonds is 9. The third-order valence-corrected chi connectivity index (χ3v) is 5.04. The van der Waals surface area contributed by atoms with Gasteiger partial charge < -0.3 is 23.3 Å². The summed E-state index contributed by atoms with van der Waals surface area (Å²) >= 11 is 0. The van der Waals surface area contributed by atoms with E-state index in [0.717, 1.165) is 0 Å². The standard InChI is InChI=1S/C24H23N3O6/c1-15(21(28)19(14-25)22(29)20-6-5-12-26(20)2)32-16-7-9-17(10-8-16)33-23-18(24(30)31-4)11-13-27(23)3/h5-13,15,19H,1-4H3. The number of benzene rings is 1. The van der Waals surface area contributed by atoms with Crippen LogP contribution in [0.3, 0.4) is 0 Å². The molecule has 0 aliphatic rings. The highest BCUT2D eigenvalue weighted by Crippen LogP contribution is 2.28. The van der Waals surface area contributed by atoms with Crippen LogP contribution in [0.5, 0.6) is 17.4 Å². The van der Waals surface area contributed by atoms with Gasteiger partial charge in [-0.05, 0) is 49.4 Å². The molecule has 0 fully saturated rings. The van der Waals surface area contributed by atoms with Gasteiger partial charge in [0.1, 0.15) is 17.1 Å². The van der Waals surface area contributed by atoms with Crippen LogP contribution < -0.4 is 9.47 Å². The summed E-state index contributed by atoms with van der Waals surface area (Å²) in [6.07, 6.45) is 2.32. The summed E-state index contributed by atoms with van der Waals surface area (Å²) in [5, 5.41) is 9.42. The van der Waals surface area contributed by atoms with Crippen LogP contribution in [0.4, 0.5) is 0 Å². The van der Waals surface area contributed by atoms with Crippen LogP contribution in [0.15, 0.2) is 54.9 Å². The summed E-state index contributed by atoms with van der Waals surface area (Å²) in [5.41, 5.74) is 0.556. The average molecular weight is 449 g/mol. The number of ketones is 2. The van der Waals surface area contributed by atoms with Crippen molar-refractivity contribution in [1.29, 1.82) is 5.26 Å². The second-order valence-corrected chi connectivity index (χ2v) is 7.30. The van der Waals surface area contributed by atoms with Gasteiger partial charge in [-0.1, -0.05) is 0 Å². The van der Waals surface area contributed by atoms with Crippen LogP contribution >= 0.6 is 0 Å². The number of carbonyl (C=O) groups is 3. The molecule has 1 aromatic carbocycles. The molecular formula is C24H23N3O6. The van der Waals surface area contributed by atoms with Gasteiger partial charge in [0.25, 0.3) is 0 Å². The molecule has 0 aliphatic carbocycles. The Hall–Kier alpha value is -4.32. The minimum absolute atomic E-state index is 0.274. The van der Waals surface area contributed by atoms with Gasteiger partial charge in [0.05, 0.1) is 18.9 Å². The molecule has 33 heavy (non-hydrogen) atoms. The van der Waals surface area contributed by atoms with Gasteiger partial charge in [0, 0.05) is 26.5 Å². The van der Waals surface area contributed by atoms with E-state index in [9.17, 15) is 19.6 Å². The first kappa shape index (κ1) is 23.3. The number of nitrogens with zero attached hydrogens (tertiary/aromatic N) is 3. The molecule has 0 spiro atoms. The van der Waals surface area contributed by atoms with Crippen molar-refractivity contribution >= 4 is 17.5 Å². The fourth-order valence-electron chi connectivity index (χ4n) is 3.22. The number of esters is 1. The van der Waals surface area contributed by atoms with Gasteiger partial charge in [-0.25, -0.2) is 4.79 Å². The van der Waals surface area contributed by atoms with E-state index in [1.807, 2.05) is 0 Å². The minimum Gasteiger partial charge on any atom is -0.483 e. The Morgan fingerprint density at radius 2 is 1.64 bits per heavy atom. The van der Waals surface area contributed by atoms with Gasteiger partial charge in [-0.15, -0.1) is 0 Å². The number of ether oxygens (including phenoxy) is 3. The fourth-order valence-corrected chi connectivity index (χ4v) is 3.22. The first-order valence-corrected chi connectivity index (χ1v) is 10.0. The number of methoxy groups -OCH3 is 1. The van der Waals surface area contributed by atoms with Crippen molar-refractivity contribution in [3.05, 3.63) is 66.1 Å². The molecule has 0 N–H and O–H groups in total. The quantitative estimate of drug-likeness (QED) is 0.280. The molecule has 2 aromatic heterocycles. The maximum atomic E-state index is 12.7. The van der Waals surface area contributed by atoms with E-state index in [4.69, 9.17) is 14.2 Å². The summed E-state index contributed by atoms with van der Waals surface area (Å²) < 4.78 is 19.4. The Bertz CT molecular complexity index is 1220. The van der Waals surface area contributed by atoms with Crippen molar-refractivity contribution in [2.75, 3.05) is 7.11 Å². The SMILES string of the molecule is COC(=O)c1ccn(C)c1Oc1ccc(OC(C)C(=O)C(C#N)C(=O)c2cccn2C)cc1. The van der Waals surface area contributed by atoms with Gasteiger partial charge in [-0.2, -0.15) is 5.26 Å². The number of hydrogen-bond acceptors (Lipinski definition) is 7. The van der Waals surface area contributed by atoms with Crippen molar-refractivity contribution in [3.8, 4) is 23.4 Å². The molecule has 9 nitrogen and oxygen atoms in total. The van der Waals surface area contributed by atoms with Crippen LogP contribution in [-0.2, 0) is 23.6 Å². The van der Waals surface area contributed by atoms with Crippen molar-refractivity contribution in [3.63, 3.8) is 0 Å². The Morgan fingerprint density at radius 3 is 2.21 bits per heavy atom. The highest BCUT2D eigenvalue weighted by molar-refractivity contribution is 6.13. The lowest BCUT2D eigenvalue weighted by Gasteiger charge is -2.17. The number of nitriles is 1. The monoisotopic (exact) mass is 449 g/mol. The first-order valence-electron chi connectivity index (χ1n) is 10.0. The number of Topliss-reactive ketones (excluding diaryl/α,β-unsaturated/α-hetero) is 2. The molecule has 2 heterocycles. The molecule has 170 valence electrons. The maximum Gasteiger partial charge on any atom is 0.343 e. The molecule has 0 radical (unpaired) electrons. The first-order chi connectivity index (χ1) is 15.8. The van der Waals surface area contributed by atoms with Gasteiger partial charge >= 0.3 is 5.97 Å². The Kier molecular flexibility index (Phi) is 6.98. The smallest absolute Gasteiger partial charge is 0.343 e. The lowest BCUT2D eigenvalue weighted by Crippen LogP contribution is -2.34. The molecule has 0 bridgehead atoms. The molecule has 0 saturated carbocycles. The predicted octanol–water partition coefficient (Wildman–Crippen LogP) is 3.30. The van der Waals surface area contributed by atoms with E-state index in [1.165, 1.54) is 14.0 Å². The van der Waals surface area contributed by atoms with Crippen LogP contribution in [-0.4, -0.2) is 39.9 Å². The van der Waals surface area contributed by atoms with E-state index in [-0.39, 0.29) is 11.3 Å². The maximum absolute atomic E-state index is 12.7. The summed E-state index contributed by atoms with van der Waals surface area (Å²) in [5.74, 6) is -2.09. The van der Waals surface area contributed by atoms with Crippen molar-refractivity contribution < 1.29 is 28.6 Å². The Morgan fingerprint density at radius 1 is 0.970 bits per heavy atom. The summed E-state index contributed by atoms with van der Waals surface area (Å²) in [4.78, 5) is 37.2. The van der Waals surface area contributed by atoms with Gasteiger partial charge in [0.2, 0.25) is 11.7 Å². The van der Waals surface area contributed by atoms with E-state index < -0.39 is 29.6 Å². The summed E-state index contributed by atoms with van der Waals surface area (Å²) in [7, 11) is 4.69. The van der Waals surface area contributed by atoms with Crippen molar-refractivity contribution in [2.45, 2.75) is 13.0 Å². The molecule has 3 rings (SSSR count). The summed E-state index contributed by atoms with van der Waals surface area (Å²) in [6.45, 7) is 1.49. The molecule has 2 atom stereocenters. The topological polar surface area (TPSA) is 113 Å². The second kappa shape index (κ2) is 9.87. The van der Waals surface area contributed by atoms with Crippen molar-refractivity contribution in [2.24, 2.45) is 20.0 Å². The molecule has 3 aromatic rings. The molecule has 0 amide bonds. The molecule has 2 unspecified atom stereocenters. The van der Waals surface area contributed by atoms with Gasteiger partial charge in [0.15, 0.2) is 17.8 Å². The zero-order valence-electron chi connectivity index (χ0n) is 18.6. The summed E-state index contributed by atoms with van der Waals surface area (Å²) in [6, 6.07) is 13.0. The Labute approximate surface area is 190 Å². The normalized spacial score (nSPS) is 12.3. The largest absolute Gasteiger partial charge is 0.483 e. The second-order valence-electron chi connectivity index (χ2n) is 7.30. The zero-order valence-corrected chi connectivity index (χ0v) is 18.6. The highest BCUT2D eigenvalue weighted by Gasteiger charge is 2.33. The van der Waals surface area contributed by atoms with Gasteiger partial charge in [-0.3, -0.25) is 9.59 Å². The third-order valence-electron chi connectivity index (χ3n) is 5.04.